The number of methoxy groups -OCH3 is 1. The Bertz CT molecular complexity index is 433. The minimum atomic E-state index is -1.09. The zero-order valence-electron chi connectivity index (χ0n) is 10.9. The quantitative estimate of drug-likeness (QED) is 0.738. The number of carboxylic acids is 1. The maximum absolute atomic E-state index is 11.5. The second kappa shape index (κ2) is 7.81. The smallest absolute Gasteiger partial charge is 0.334 e. The number of aryl methyl sites for hydroxylation is 1. The number of rotatable bonds is 7. The van der Waals surface area contributed by atoms with Gasteiger partial charge in [0.1, 0.15) is 0 Å². The third-order valence-corrected chi connectivity index (χ3v) is 3.45. The molecule has 1 atom stereocenters. The molecular weight excluding hydrogens is 266 g/mol. The lowest BCUT2D eigenvalue weighted by Gasteiger charge is -2.11. The van der Waals surface area contributed by atoms with Gasteiger partial charge in [-0.05, 0) is 19.1 Å². The first kappa shape index (κ1) is 15.5. The summed E-state index contributed by atoms with van der Waals surface area (Å²) < 4.78 is 4.72. The SMILES string of the molecule is COC(CNC(=O)CSc1ccc(C)cc1)C(=O)O. The number of hydrogen-bond acceptors (Lipinski definition) is 4. The fraction of sp³-hybridized carbons (Fsp3) is 0.385. The van der Waals surface area contributed by atoms with E-state index in [1.54, 1.807) is 0 Å². The topological polar surface area (TPSA) is 75.6 Å². The molecule has 0 heterocycles. The highest BCUT2D eigenvalue weighted by Gasteiger charge is 2.16. The van der Waals surface area contributed by atoms with Crippen LogP contribution in [-0.4, -0.2) is 42.5 Å². The first-order valence-corrected chi connectivity index (χ1v) is 6.73. The maximum atomic E-state index is 11.5. The van der Waals surface area contributed by atoms with E-state index >= 15 is 0 Å². The number of carbonyl (C=O) groups excluding carboxylic acids is 1. The Morgan fingerprint density at radius 1 is 1.37 bits per heavy atom. The van der Waals surface area contributed by atoms with Crippen molar-refractivity contribution in [2.75, 3.05) is 19.4 Å². The van der Waals surface area contributed by atoms with Crippen LogP contribution in [0.1, 0.15) is 5.56 Å². The van der Waals surface area contributed by atoms with Crippen LogP contribution in [0.5, 0.6) is 0 Å². The fourth-order valence-corrected chi connectivity index (χ4v) is 2.04. The molecule has 1 aromatic carbocycles. The lowest BCUT2D eigenvalue weighted by Crippen LogP contribution is -2.38. The number of hydrogen-bond donors (Lipinski definition) is 2. The van der Waals surface area contributed by atoms with E-state index in [9.17, 15) is 9.59 Å². The molecule has 0 aliphatic heterocycles. The molecule has 0 aliphatic carbocycles. The van der Waals surface area contributed by atoms with Gasteiger partial charge >= 0.3 is 5.97 Å². The molecule has 0 saturated carbocycles. The highest BCUT2D eigenvalue weighted by atomic mass is 32.2. The molecule has 0 aromatic heterocycles. The molecule has 2 N–H and O–H groups in total. The van der Waals surface area contributed by atoms with Crippen molar-refractivity contribution >= 4 is 23.6 Å². The summed E-state index contributed by atoms with van der Waals surface area (Å²) in [6.45, 7) is 1.97. The Labute approximate surface area is 116 Å². The molecule has 0 fully saturated rings. The number of nitrogens with one attached hydrogen (secondary N) is 1. The summed E-state index contributed by atoms with van der Waals surface area (Å²) >= 11 is 1.40. The molecule has 0 spiro atoms. The van der Waals surface area contributed by atoms with Gasteiger partial charge in [0, 0.05) is 12.0 Å². The van der Waals surface area contributed by atoms with Crippen LogP contribution in [0.3, 0.4) is 0 Å². The van der Waals surface area contributed by atoms with E-state index in [4.69, 9.17) is 9.84 Å². The Morgan fingerprint density at radius 2 is 2.00 bits per heavy atom. The number of amides is 1. The molecule has 1 aromatic rings. The summed E-state index contributed by atoms with van der Waals surface area (Å²) in [7, 11) is 1.30. The summed E-state index contributed by atoms with van der Waals surface area (Å²) in [6.07, 6.45) is -1.01. The van der Waals surface area contributed by atoms with Gasteiger partial charge in [-0.15, -0.1) is 11.8 Å². The molecule has 5 nitrogen and oxygen atoms in total. The third-order valence-electron chi connectivity index (χ3n) is 2.44. The zero-order valence-corrected chi connectivity index (χ0v) is 11.7. The standard InChI is InChI=1S/C13H17NO4S/c1-9-3-5-10(6-4-9)19-8-12(15)14-7-11(18-2)13(16)17/h3-6,11H,7-8H2,1-2H3,(H,14,15)(H,16,17). The Hall–Kier alpha value is -1.53. The molecule has 0 aliphatic rings. The predicted octanol–water partition coefficient (Wildman–Crippen LogP) is 1.30. The molecule has 1 unspecified atom stereocenters. The van der Waals surface area contributed by atoms with Crippen molar-refractivity contribution in [2.24, 2.45) is 0 Å². The van der Waals surface area contributed by atoms with Crippen LogP contribution in [0.15, 0.2) is 29.2 Å². The molecular formula is C13H17NO4S. The molecule has 6 heteroatoms. The van der Waals surface area contributed by atoms with Gasteiger partial charge < -0.3 is 15.2 Å². The van der Waals surface area contributed by atoms with Crippen molar-refractivity contribution in [3.63, 3.8) is 0 Å². The first-order chi connectivity index (χ1) is 9.02. The van der Waals surface area contributed by atoms with Gasteiger partial charge in [-0.1, -0.05) is 17.7 Å². The molecule has 1 rings (SSSR count). The van der Waals surface area contributed by atoms with E-state index in [2.05, 4.69) is 5.32 Å². The van der Waals surface area contributed by atoms with Gasteiger partial charge in [-0.25, -0.2) is 4.79 Å². The Kier molecular flexibility index (Phi) is 6.38. The van der Waals surface area contributed by atoms with Crippen LogP contribution < -0.4 is 5.32 Å². The number of carboxylic acid groups (broad SMARTS) is 1. The van der Waals surface area contributed by atoms with E-state index in [0.29, 0.717) is 0 Å². The average Bonchev–Trinajstić information content (AvgIpc) is 2.38. The van der Waals surface area contributed by atoms with Crippen LogP contribution in [-0.2, 0) is 14.3 Å². The minimum absolute atomic E-state index is 0.0286. The largest absolute Gasteiger partial charge is 0.479 e. The molecule has 0 bridgehead atoms. The lowest BCUT2D eigenvalue weighted by atomic mass is 10.2. The highest BCUT2D eigenvalue weighted by molar-refractivity contribution is 8.00. The van der Waals surface area contributed by atoms with Gasteiger partial charge in [0.05, 0.1) is 12.3 Å². The third kappa shape index (κ3) is 5.76. The van der Waals surface area contributed by atoms with E-state index in [1.807, 2.05) is 31.2 Å². The highest BCUT2D eigenvalue weighted by Crippen LogP contribution is 2.17. The second-order valence-corrected chi connectivity index (χ2v) is 5.02. The number of aliphatic carboxylic acids is 1. The number of benzene rings is 1. The monoisotopic (exact) mass is 283 g/mol. The van der Waals surface area contributed by atoms with Crippen molar-refractivity contribution in [3.05, 3.63) is 29.8 Å². The molecule has 0 saturated heterocycles. The van der Waals surface area contributed by atoms with Gasteiger partial charge in [0.2, 0.25) is 5.91 Å². The second-order valence-electron chi connectivity index (χ2n) is 3.97. The predicted molar refractivity (Wildman–Crippen MR) is 73.3 cm³/mol. The van der Waals surface area contributed by atoms with Crippen LogP contribution in [0, 0.1) is 6.92 Å². The van der Waals surface area contributed by atoms with E-state index in [1.165, 1.54) is 18.9 Å². The van der Waals surface area contributed by atoms with Crippen LogP contribution >= 0.6 is 11.8 Å². The summed E-state index contributed by atoms with van der Waals surface area (Å²) in [5, 5.41) is 11.3. The van der Waals surface area contributed by atoms with E-state index in [0.717, 1.165) is 10.5 Å². The Balaban J connectivity index is 2.31. The fourth-order valence-electron chi connectivity index (χ4n) is 1.31. The van der Waals surface area contributed by atoms with Crippen molar-refractivity contribution < 1.29 is 19.4 Å². The van der Waals surface area contributed by atoms with Gasteiger partial charge in [0.25, 0.3) is 0 Å². The first-order valence-electron chi connectivity index (χ1n) is 5.74. The normalized spacial score (nSPS) is 11.9. The van der Waals surface area contributed by atoms with Crippen molar-refractivity contribution in [1.82, 2.24) is 5.32 Å². The average molecular weight is 283 g/mol. The lowest BCUT2D eigenvalue weighted by molar-refractivity contribution is -0.148. The summed E-state index contributed by atoms with van der Waals surface area (Å²) in [5.74, 6) is -1.05. The van der Waals surface area contributed by atoms with Gasteiger partial charge in [-0.3, -0.25) is 4.79 Å². The van der Waals surface area contributed by atoms with E-state index in [-0.39, 0.29) is 18.2 Å². The zero-order chi connectivity index (χ0) is 14.3. The molecule has 0 radical (unpaired) electrons. The number of carbonyl (C=O) groups is 2. The van der Waals surface area contributed by atoms with Crippen LogP contribution in [0.25, 0.3) is 0 Å². The maximum Gasteiger partial charge on any atom is 0.334 e. The van der Waals surface area contributed by atoms with E-state index < -0.39 is 12.1 Å². The minimum Gasteiger partial charge on any atom is -0.479 e. The summed E-state index contributed by atoms with van der Waals surface area (Å²) in [4.78, 5) is 23.2. The molecule has 19 heavy (non-hydrogen) atoms. The number of thioether (sulfide) groups is 1. The van der Waals surface area contributed by atoms with Crippen LogP contribution in [0.2, 0.25) is 0 Å². The summed E-state index contributed by atoms with van der Waals surface area (Å²) in [6, 6.07) is 7.85. The molecule has 1 amide bonds. The van der Waals surface area contributed by atoms with Crippen molar-refractivity contribution in [2.45, 2.75) is 17.9 Å². The number of ether oxygens (including phenoxy) is 1. The molecule has 104 valence electrons. The van der Waals surface area contributed by atoms with Crippen molar-refractivity contribution in [1.29, 1.82) is 0 Å². The van der Waals surface area contributed by atoms with Gasteiger partial charge in [0.15, 0.2) is 6.10 Å². The van der Waals surface area contributed by atoms with Gasteiger partial charge in [-0.2, -0.15) is 0 Å². The van der Waals surface area contributed by atoms with Crippen molar-refractivity contribution in [3.8, 4) is 0 Å². The summed E-state index contributed by atoms with van der Waals surface area (Å²) in [5.41, 5.74) is 1.16. The Morgan fingerprint density at radius 3 is 2.53 bits per heavy atom. The van der Waals surface area contributed by atoms with Crippen LogP contribution in [0.4, 0.5) is 0 Å².